The van der Waals surface area contributed by atoms with E-state index in [9.17, 15) is 31.5 Å². The predicted molar refractivity (Wildman–Crippen MR) is 107 cm³/mol. The molecule has 2 aromatic carbocycles. The van der Waals surface area contributed by atoms with Gasteiger partial charge in [-0.1, -0.05) is 12.1 Å². The van der Waals surface area contributed by atoms with Crippen LogP contribution in [0.5, 0.6) is 0 Å². The Hall–Kier alpha value is -2.59. The molecule has 1 N–H and O–H groups in total. The van der Waals surface area contributed by atoms with E-state index in [-0.39, 0.29) is 31.1 Å². The Labute approximate surface area is 177 Å². The number of halogens is 3. The number of nitrogens with zero attached hydrogens (tertiary/aromatic N) is 2. The standard InChI is InChI=1S/C21H21F3N2O4S/c22-21(23,24)17-2-1-3-18(13-17)25-6-8-26(9-7-25)31(29,30)19-5-4-14-10-16(20(27)28)11-15(14)12-19/h1-5,12-13,16H,6-11H2,(H,27,28). The lowest BCUT2D eigenvalue weighted by atomic mass is 10.1. The Kier molecular flexibility index (Phi) is 5.47. The number of rotatable bonds is 4. The summed E-state index contributed by atoms with van der Waals surface area (Å²) in [5, 5.41) is 9.21. The molecular weight excluding hydrogens is 433 g/mol. The second-order valence-electron chi connectivity index (χ2n) is 7.81. The van der Waals surface area contributed by atoms with Gasteiger partial charge in [-0.2, -0.15) is 17.5 Å². The first kappa shape index (κ1) is 21.6. The summed E-state index contributed by atoms with van der Waals surface area (Å²) >= 11 is 0. The average Bonchev–Trinajstić information content (AvgIpc) is 3.17. The fourth-order valence-electron chi connectivity index (χ4n) is 4.14. The van der Waals surface area contributed by atoms with Crippen molar-refractivity contribution in [2.24, 2.45) is 5.92 Å². The van der Waals surface area contributed by atoms with E-state index in [4.69, 9.17) is 0 Å². The second kappa shape index (κ2) is 7.83. The molecule has 1 saturated heterocycles. The van der Waals surface area contributed by atoms with Crippen molar-refractivity contribution >= 4 is 21.7 Å². The number of fused-ring (bicyclic) bond motifs is 1. The Morgan fingerprint density at radius 3 is 2.29 bits per heavy atom. The lowest BCUT2D eigenvalue weighted by Crippen LogP contribution is -2.48. The zero-order valence-electron chi connectivity index (χ0n) is 16.5. The van der Waals surface area contributed by atoms with Crippen LogP contribution in [0, 0.1) is 5.92 Å². The van der Waals surface area contributed by atoms with Crippen molar-refractivity contribution in [2.45, 2.75) is 23.9 Å². The molecule has 2 aliphatic rings. The van der Waals surface area contributed by atoms with Crippen molar-refractivity contribution in [1.29, 1.82) is 0 Å². The van der Waals surface area contributed by atoms with Gasteiger partial charge in [0.1, 0.15) is 0 Å². The number of benzene rings is 2. The van der Waals surface area contributed by atoms with E-state index in [0.29, 0.717) is 18.5 Å². The predicted octanol–water partition coefficient (Wildman–Crippen LogP) is 3.02. The number of alkyl halides is 3. The van der Waals surface area contributed by atoms with Gasteiger partial charge in [0.05, 0.1) is 16.4 Å². The minimum Gasteiger partial charge on any atom is -0.481 e. The molecule has 0 bridgehead atoms. The first-order chi connectivity index (χ1) is 14.6. The molecule has 2 aromatic rings. The van der Waals surface area contributed by atoms with Crippen LogP contribution >= 0.6 is 0 Å². The number of hydrogen-bond acceptors (Lipinski definition) is 4. The number of carboxylic acid groups (broad SMARTS) is 1. The second-order valence-corrected chi connectivity index (χ2v) is 9.75. The largest absolute Gasteiger partial charge is 0.481 e. The third-order valence-corrected chi connectivity index (χ3v) is 7.77. The fourth-order valence-corrected chi connectivity index (χ4v) is 5.62. The molecule has 31 heavy (non-hydrogen) atoms. The normalized spacial score (nSPS) is 20.0. The van der Waals surface area contributed by atoms with Crippen LogP contribution in [0.1, 0.15) is 16.7 Å². The van der Waals surface area contributed by atoms with Gasteiger partial charge in [-0.15, -0.1) is 0 Å². The molecule has 4 rings (SSSR count). The molecule has 0 radical (unpaired) electrons. The van der Waals surface area contributed by atoms with Crippen LogP contribution < -0.4 is 4.90 Å². The van der Waals surface area contributed by atoms with Gasteiger partial charge in [-0.05, 0) is 54.3 Å². The monoisotopic (exact) mass is 454 g/mol. The van der Waals surface area contributed by atoms with Crippen LogP contribution in [0.25, 0.3) is 0 Å². The highest BCUT2D eigenvalue weighted by atomic mass is 32.2. The zero-order chi connectivity index (χ0) is 22.4. The van der Waals surface area contributed by atoms with Gasteiger partial charge < -0.3 is 10.0 Å². The van der Waals surface area contributed by atoms with Crippen molar-refractivity contribution in [3.05, 3.63) is 59.2 Å². The lowest BCUT2D eigenvalue weighted by molar-refractivity contribution is -0.141. The highest BCUT2D eigenvalue weighted by molar-refractivity contribution is 7.89. The molecule has 0 saturated carbocycles. The minimum absolute atomic E-state index is 0.116. The van der Waals surface area contributed by atoms with Crippen molar-refractivity contribution in [2.75, 3.05) is 31.1 Å². The SMILES string of the molecule is O=C(O)C1Cc2ccc(S(=O)(=O)N3CCN(c4cccc(C(F)(F)F)c4)CC3)cc2C1. The third-order valence-electron chi connectivity index (χ3n) is 5.87. The van der Waals surface area contributed by atoms with E-state index in [0.717, 1.165) is 23.3 Å². The van der Waals surface area contributed by atoms with Crippen molar-refractivity contribution in [3.63, 3.8) is 0 Å². The van der Waals surface area contributed by atoms with Gasteiger partial charge in [-0.25, -0.2) is 8.42 Å². The van der Waals surface area contributed by atoms with Crippen LogP contribution in [-0.2, 0) is 33.8 Å². The van der Waals surface area contributed by atoms with E-state index in [1.807, 2.05) is 0 Å². The van der Waals surface area contributed by atoms with Gasteiger partial charge in [0.25, 0.3) is 0 Å². The molecular formula is C21H21F3N2O4S. The molecule has 1 atom stereocenters. The van der Waals surface area contributed by atoms with Crippen molar-refractivity contribution in [1.82, 2.24) is 4.31 Å². The third kappa shape index (κ3) is 4.27. The molecule has 0 spiro atoms. The summed E-state index contributed by atoms with van der Waals surface area (Å²) in [4.78, 5) is 13.1. The molecule has 6 nitrogen and oxygen atoms in total. The Morgan fingerprint density at radius 2 is 1.65 bits per heavy atom. The maximum Gasteiger partial charge on any atom is 0.416 e. The highest BCUT2D eigenvalue weighted by Gasteiger charge is 2.33. The van der Waals surface area contributed by atoms with Crippen LogP contribution in [0.3, 0.4) is 0 Å². The molecule has 1 unspecified atom stereocenters. The maximum absolute atomic E-state index is 13.1. The summed E-state index contributed by atoms with van der Waals surface area (Å²) in [6, 6.07) is 9.72. The Balaban J connectivity index is 1.47. The topological polar surface area (TPSA) is 77.9 Å². The summed E-state index contributed by atoms with van der Waals surface area (Å²) in [6.07, 6.45) is -3.74. The quantitative estimate of drug-likeness (QED) is 0.769. The number of sulfonamides is 1. The lowest BCUT2D eigenvalue weighted by Gasteiger charge is -2.35. The minimum atomic E-state index is -4.44. The van der Waals surface area contributed by atoms with Gasteiger partial charge in [0.15, 0.2) is 0 Å². The highest BCUT2D eigenvalue weighted by Crippen LogP contribution is 2.33. The number of anilines is 1. The molecule has 1 aliphatic carbocycles. The zero-order valence-corrected chi connectivity index (χ0v) is 17.3. The van der Waals surface area contributed by atoms with Gasteiger partial charge >= 0.3 is 12.1 Å². The molecule has 0 amide bonds. The summed E-state index contributed by atoms with van der Waals surface area (Å²) < 4.78 is 66.4. The molecule has 0 aromatic heterocycles. The Morgan fingerprint density at radius 1 is 0.968 bits per heavy atom. The summed E-state index contributed by atoms with van der Waals surface area (Å²) in [7, 11) is -3.78. The van der Waals surface area contributed by atoms with E-state index >= 15 is 0 Å². The van der Waals surface area contributed by atoms with Crippen LogP contribution in [0.15, 0.2) is 47.4 Å². The van der Waals surface area contributed by atoms with Crippen LogP contribution in [0.2, 0.25) is 0 Å². The van der Waals surface area contributed by atoms with Crippen molar-refractivity contribution in [3.8, 4) is 0 Å². The molecule has 1 aliphatic heterocycles. The smallest absolute Gasteiger partial charge is 0.416 e. The van der Waals surface area contributed by atoms with Crippen LogP contribution in [-0.4, -0.2) is 50.0 Å². The van der Waals surface area contributed by atoms with E-state index in [2.05, 4.69) is 0 Å². The average molecular weight is 454 g/mol. The first-order valence-corrected chi connectivity index (χ1v) is 11.3. The van der Waals surface area contributed by atoms with E-state index in [1.54, 1.807) is 23.1 Å². The first-order valence-electron chi connectivity index (χ1n) is 9.82. The van der Waals surface area contributed by atoms with Gasteiger partial charge in [0.2, 0.25) is 10.0 Å². The molecule has 1 heterocycles. The number of carbonyl (C=O) groups is 1. The molecule has 166 valence electrons. The van der Waals surface area contributed by atoms with Gasteiger partial charge in [0, 0.05) is 31.9 Å². The summed E-state index contributed by atoms with van der Waals surface area (Å²) in [5.74, 6) is -1.43. The van der Waals surface area contributed by atoms with Crippen molar-refractivity contribution < 1.29 is 31.5 Å². The number of aliphatic carboxylic acids is 1. The maximum atomic E-state index is 13.1. The number of piperazine rings is 1. The van der Waals surface area contributed by atoms with E-state index < -0.39 is 33.7 Å². The van der Waals surface area contributed by atoms with Gasteiger partial charge in [-0.3, -0.25) is 4.79 Å². The fraction of sp³-hybridized carbons (Fsp3) is 0.381. The molecule has 1 fully saturated rings. The Bertz CT molecular complexity index is 1110. The number of hydrogen-bond donors (Lipinski definition) is 1. The summed E-state index contributed by atoms with van der Waals surface area (Å²) in [6.45, 7) is 0.833. The summed E-state index contributed by atoms with van der Waals surface area (Å²) in [5.41, 5.74) is 1.25. The van der Waals surface area contributed by atoms with E-state index in [1.165, 1.54) is 16.4 Å². The number of carboxylic acids is 1. The van der Waals surface area contributed by atoms with Crippen LogP contribution in [0.4, 0.5) is 18.9 Å². The molecule has 10 heteroatoms.